The Hall–Kier alpha value is -3.21. The highest BCUT2D eigenvalue weighted by Crippen LogP contribution is 2.38. The topological polar surface area (TPSA) is 106 Å². The highest BCUT2D eigenvalue weighted by molar-refractivity contribution is 5.69. The molecule has 34 heavy (non-hydrogen) atoms. The molecule has 0 aliphatic heterocycles. The summed E-state index contributed by atoms with van der Waals surface area (Å²) in [6, 6.07) is 4.34. The number of benzene rings is 1. The second-order valence-electron chi connectivity index (χ2n) is 9.43. The van der Waals surface area contributed by atoms with Crippen LogP contribution < -0.4 is 5.32 Å². The normalized spacial score (nSPS) is 16.3. The second-order valence-corrected chi connectivity index (χ2v) is 9.43. The number of aliphatic carboxylic acids is 1. The van der Waals surface area contributed by atoms with Crippen LogP contribution in [0.25, 0.3) is 23.0 Å². The van der Waals surface area contributed by atoms with E-state index in [0.29, 0.717) is 28.5 Å². The summed E-state index contributed by atoms with van der Waals surface area (Å²) < 4.78 is 47.0. The molecule has 0 fully saturated rings. The minimum absolute atomic E-state index is 0.202. The summed E-state index contributed by atoms with van der Waals surface area (Å²) in [5.74, 6) is -0.727. The smallest absolute Gasteiger partial charge is 0.404 e. The highest BCUT2D eigenvalue weighted by Gasteiger charge is 2.39. The Kier molecular flexibility index (Phi) is 6.24. The molecule has 3 aromatic rings. The van der Waals surface area contributed by atoms with Gasteiger partial charge in [0.15, 0.2) is 5.69 Å². The molecule has 0 saturated carbocycles. The number of carbonyl (C=O) groups is 1. The van der Waals surface area contributed by atoms with Crippen molar-refractivity contribution in [3.8, 4) is 23.0 Å². The maximum Gasteiger partial charge on any atom is 0.404 e. The number of aromatic nitrogens is 4. The van der Waals surface area contributed by atoms with Gasteiger partial charge in [-0.05, 0) is 36.7 Å². The monoisotopic (exact) mass is 477 g/mol. The van der Waals surface area contributed by atoms with Gasteiger partial charge in [-0.3, -0.25) is 14.8 Å². The Morgan fingerprint density at radius 1 is 1.29 bits per heavy atom. The number of halogens is 3. The first-order chi connectivity index (χ1) is 15.9. The Bertz CT molecular complexity index is 1180. The number of fused-ring (bicyclic) bond motifs is 1. The minimum Gasteiger partial charge on any atom is -0.480 e. The lowest BCUT2D eigenvalue weighted by Crippen LogP contribution is -2.45. The summed E-state index contributed by atoms with van der Waals surface area (Å²) in [4.78, 5) is 15.1. The standard InChI is InChI=1S/C23H26F3N5O3/c1-22(2)9-8-15-16(11-22)31(3)29-19(15)21-28-20(30-34-21)14-6-4-13(5-7-14)10-17(23(24,25)26)27-12-18(32)33/h4-7,17,27H,8-12H2,1-3H3,(H,32,33). The molecule has 1 aromatic carbocycles. The summed E-state index contributed by atoms with van der Waals surface area (Å²) in [5.41, 5.74) is 4.13. The van der Waals surface area contributed by atoms with E-state index in [0.717, 1.165) is 30.5 Å². The molecule has 4 rings (SSSR count). The molecule has 0 amide bonds. The average Bonchev–Trinajstić information content (AvgIpc) is 3.35. The first-order valence-electron chi connectivity index (χ1n) is 10.9. The van der Waals surface area contributed by atoms with Crippen LogP contribution in [0, 0.1) is 5.41 Å². The molecule has 0 saturated heterocycles. The van der Waals surface area contributed by atoms with Gasteiger partial charge in [0.2, 0.25) is 5.82 Å². The van der Waals surface area contributed by atoms with Crippen LogP contribution in [0.3, 0.4) is 0 Å². The van der Waals surface area contributed by atoms with E-state index in [2.05, 4.69) is 29.1 Å². The molecule has 0 bridgehead atoms. The van der Waals surface area contributed by atoms with Crippen molar-refractivity contribution in [2.75, 3.05) is 6.54 Å². The van der Waals surface area contributed by atoms with Crippen LogP contribution in [0.1, 0.15) is 37.1 Å². The number of nitrogens with one attached hydrogen (secondary N) is 1. The van der Waals surface area contributed by atoms with Gasteiger partial charge in [-0.15, -0.1) is 0 Å². The molecule has 0 radical (unpaired) electrons. The van der Waals surface area contributed by atoms with Crippen LogP contribution >= 0.6 is 0 Å². The average molecular weight is 477 g/mol. The molecule has 182 valence electrons. The lowest BCUT2D eigenvalue weighted by molar-refractivity contribution is -0.157. The van der Waals surface area contributed by atoms with Crippen LogP contribution in [-0.2, 0) is 31.1 Å². The number of nitrogens with zero attached hydrogens (tertiary/aromatic N) is 4. The van der Waals surface area contributed by atoms with Crippen LogP contribution in [0.15, 0.2) is 28.8 Å². The van der Waals surface area contributed by atoms with Crippen LogP contribution in [0.2, 0.25) is 0 Å². The molecule has 2 N–H and O–H groups in total. The van der Waals surface area contributed by atoms with Gasteiger partial charge in [-0.1, -0.05) is 43.3 Å². The zero-order chi connectivity index (χ0) is 24.7. The maximum absolute atomic E-state index is 13.2. The first-order valence-corrected chi connectivity index (χ1v) is 10.9. The van der Waals surface area contributed by atoms with Gasteiger partial charge in [0, 0.05) is 23.9 Å². The minimum atomic E-state index is -4.58. The zero-order valence-corrected chi connectivity index (χ0v) is 19.1. The summed E-state index contributed by atoms with van der Waals surface area (Å²) in [6.07, 6.45) is -2.16. The molecule has 11 heteroatoms. The molecule has 8 nitrogen and oxygen atoms in total. The zero-order valence-electron chi connectivity index (χ0n) is 19.1. The van der Waals surface area contributed by atoms with Gasteiger partial charge in [-0.25, -0.2) is 0 Å². The third-order valence-electron chi connectivity index (χ3n) is 6.15. The van der Waals surface area contributed by atoms with E-state index in [9.17, 15) is 18.0 Å². The van der Waals surface area contributed by atoms with Crippen molar-refractivity contribution in [3.05, 3.63) is 41.1 Å². The van der Waals surface area contributed by atoms with Crippen LogP contribution in [0.4, 0.5) is 13.2 Å². The summed E-state index contributed by atoms with van der Waals surface area (Å²) in [5, 5.41) is 19.3. The van der Waals surface area contributed by atoms with Crippen molar-refractivity contribution >= 4 is 5.97 Å². The largest absolute Gasteiger partial charge is 0.480 e. The van der Waals surface area contributed by atoms with E-state index >= 15 is 0 Å². The molecule has 1 aliphatic rings. The number of hydrogen-bond acceptors (Lipinski definition) is 6. The Morgan fingerprint density at radius 3 is 2.65 bits per heavy atom. The molecule has 2 heterocycles. The van der Waals surface area contributed by atoms with Crippen molar-refractivity contribution < 1.29 is 27.6 Å². The summed E-state index contributed by atoms with van der Waals surface area (Å²) >= 11 is 0. The SMILES string of the molecule is Cn1nc(-c2nc(-c3ccc(CC(NCC(=O)O)C(F)(F)F)cc3)no2)c2c1CC(C)(C)CC2. The summed E-state index contributed by atoms with van der Waals surface area (Å²) in [6.45, 7) is 3.69. The number of carboxylic acid groups (broad SMARTS) is 1. The third kappa shape index (κ3) is 5.14. The van der Waals surface area contributed by atoms with E-state index in [1.165, 1.54) is 12.1 Å². The molecular formula is C23H26F3N5O3. The number of aryl methyl sites for hydroxylation is 1. The molecule has 0 spiro atoms. The lowest BCUT2D eigenvalue weighted by atomic mass is 9.76. The fourth-order valence-corrected chi connectivity index (χ4v) is 4.24. The second kappa shape index (κ2) is 8.86. The maximum atomic E-state index is 13.2. The van der Waals surface area contributed by atoms with Crippen molar-refractivity contribution in [3.63, 3.8) is 0 Å². The lowest BCUT2D eigenvalue weighted by Gasteiger charge is -2.29. The molecule has 1 atom stereocenters. The fourth-order valence-electron chi connectivity index (χ4n) is 4.24. The van der Waals surface area contributed by atoms with E-state index in [1.54, 1.807) is 12.1 Å². The predicted octanol–water partition coefficient (Wildman–Crippen LogP) is 3.80. The van der Waals surface area contributed by atoms with Gasteiger partial charge >= 0.3 is 12.1 Å². The number of alkyl halides is 3. The molecular weight excluding hydrogens is 451 g/mol. The van der Waals surface area contributed by atoms with Gasteiger partial charge in [0.1, 0.15) is 6.04 Å². The Morgan fingerprint density at radius 2 is 2.00 bits per heavy atom. The van der Waals surface area contributed by atoms with E-state index in [-0.39, 0.29) is 5.41 Å². The number of hydrogen-bond donors (Lipinski definition) is 2. The van der Waals surface area contributed by atoms with E-state index < -0.39 is 31.2 Å². The van der Waals surface area contributed by atoms with Gasteiger partial charge < -0.3 is 9.63 Å². The molecule has 1 unspecified atom stereocenters. The third-order valence-corrected chi connectivity index (χ3v) is 6.15. The first kappa shape index (κ1) is 23.9. The van der Waals surface area contributed by atoms with Crippen molar-refractivity contribution in [1.82, 2.24) is 25.2 Å². The van der Waals surface area contributed by atoms with Crippen LogP contribution in [-0.4, -0.2) is 49.8 Å². The van der Waals surface area contributed by atoms with Crippen molar-refractivity contribution in [2.45, 2.75) is 51.7 Å². The van der Waals surface area contributed by atoms with E-state index in [1.807, 2.05) is 17.0 Å². The molecule has 2 aromatic heterocycles. The fraction of sp³-hybridized carbons (Fsp3) is 0.478. The quantitative estimate of drug-likeness (QED) is 0.533. The van der Waals surface area contributed by atoms with Crippen molar-refractivity contribution in [2.24, 2.45) is 12.5 Å². The molecule has 1 aliphatic carbocycles. The van der Waals surface area contributed by atoms with E-state index in [4.69, 9.17) is 9.63 Å². The predicted molar refractivity (Wildman–Crippen MR) is 117 cm³/mol. The summed E-state index contributed by atoms with van der Waals surface area (Å²) in [7, 11) is 1.90. The number of carboxylic acids is 1. The van der Waals surface area contributed by atoms with Crippen LogP contribution in [0.5, 0.6) is 0 Å². The highest BCUT2D eigenvalue weighted by atomic mass is 19.4. The van der Waals surface area contributed by atoms with Gasteiger partial charge in [0.25, 0.3) is 5.89 Å². The van der Waals surface area contributed by atoms with Gasteiger partial charge in [-0.2, -0.15) is 23.3 Å². The Balaban J connectivity index is 1.51. The van der Waals surface area contributed by atoms with Crippen molar-refractivity contribution in [1.29, 1.82) is 0 Å². The number of rotatable bonds is 7. The van der Waals surface area contributed by atoms with Gasteiger partial charge in [0.05, 0.1) is 6.54 Å². The Labute approximate surface area is 194 Å².